The van der Waals surface area contributed by atoms with Crippen molar-refractivity contribution in [2.45, 2.75) is 32.8 Å². The maximum Gasteiger partial charge on any atom is 0.346 e. The minimum Gasteiger partial charge on any atom is -0.476 e. The van der Waals surface area contributed by atoms with Crippen LogP contribution in [0.5, 0.6) is 5.75 Å². The molecule has 1 atom stereocenters. The first-order valence-electron chi connectivity index (χ1n) is 9.74. The van der Waals surface area contributed by atoms with Gasteiger partial charge in [0.2, 0.25) is 0 Å². The van der Waals surface area contributed by atoms with Crippen LogP contribution in [0.2, 0.25) is 10.0 Å². The Morgan fingerprint density at radius 3 is 2.59 bits per heavy atom. The summed E-state index contributed by atoms with van der Waals surface area (Å²) < 4.78 is 12.2. The van der Waals surface area contributed by atoms with Gasteiger partial charge in [-0.2, -0.15) is 9.78 Å². The molecule has 0 unspecified atom stereocenters. The highest BCUT2D eigenvalue weighted by Crippen LogP contribution is 2.34. The van der Waals surface area contributed by atoms with E-state index in [0.29, 0.717) is 28.7 Å². The molecule has 7 nitrogen and oxygen atoms in total. The summed E-state index contributed by atoms with van der Waals surface area (Å²) in [6, 6.07) is 8.50. The Labute approximate surface area is 203 Å². The fraction of sp³-hybridized carbons (Fsp3) is 0.273. The molecule has 3 aromatic rings. The van der Waals surface area contributed by atoms with Crippen LogP contribution in [0.3, 0.4) is 0 Å². The Kier molecular flexibility index (Phi) is 7.92. The number of hydrogen-bond acceptors (Lipinski definition) is 6. The molecular weight excluding hydrogens is 521 g/mol. The molecule has 0 aliphatic carbocycles. The van der Waals surface area contributed by atoms with Gasteiger partial charge in [0.05, 0.1) is 34.3 Å². The lowest BCUT2D eigenvalue weighted by atomic mass is 10.2. The molecule has 0 bridgehead atoms. The summed E-state index contributed by atoms with van der Waals surface area (Å²) in [5.74, 6) is 0.151. The van der Waals surface area contributed by atoms with Crippen LogP contribution in [-0.4, -0.2) is 35.1 Å². The molecule has 0 aliphatic heterocycles. The fourth-order valence-corrected chi connectivity index (χ4v) is 3.94. The van der Waals surface area contributed by atoms with Crippen LogP contribution in [-0.2, 0) is 16.0 Å². The largest absolute Gasteiger partial charge is 0.476 e. The highest BCUT2D eigenvalue weighted by molar-refractivity contribution is 9.10. The molecule has 10 heteroatoms. The molecule has 0 radical (unpaired) electrons. The van der Waals surface area contributed by atoms with Gasteiger partial charge < -0.3 is 9.47 Å². The van der Waals surface area contributed by atoms with E-state index in [1.165, 1.54) is 24.9 Å². The van der Waals surface area contributed by atoms with Crippen LogP contribution in [0.25, 0.3) is 10.9 Å². The number of nitrogens with zero attached hydrogens (tertiary/aromatic N) is 3. The smallest absolute Gasteiger partial charge is 0.346 e. The monoisotopic (exact) mass is 539 g/mol. The van der Waals surface area contributed by atoms with E-state index in [-0.39, 0.29) is 21.4 Å². The lowest BCUT2D eigenvalue weighted by molar-refractivity contribution is -0.147. The van der Waals surface area contributed by atoms with Crippen LogP contribution in [0, 0.1) is 0 Å². The molecule has 0 saturated heterocycles. The number of benzene rings is 2. The van der Waals surface area contributed by atoms with E-state index in [1.54, 1.807) is 24.3 Å². The zero-order valence-electron chi connectivity index (χ0n) is 17.6. The number of aryl methyl sites for hydroxylation is 1. The Balaban J connectivity index is 2.00. The van der Waals surface area contributed by atoms with Gasteiger partial charge in [0.25, 0.3) is 5.56 Å². The molecule has 32 heavy (non-hydrogen) atoms. The molecule has 0 N–H and O–H groups in total. The van der Waals surface area contributed by atoms with E-state index >= 15 is 0 Å². The Bertz CT molecular complexity index is 1240. The molecular formula is C22H20BrCl2N3O4. The van der Waals surface area contributed by atoms with Crippen molar-refractivity contribution in [2.75, 3.05) is 7.11 Å². The van der Waals surface area contributed by atoms with Crippen molar-refractivity contribution in [1.82, 2.24) is 9.66 Å². The number of fused-ring (bicyclic) bond motifs is 1. The summed E-state index contributed by atoms with van der Waals surface area (Å²) in [5, 5.41) is 5.19. The topological polar surface area (TPSA) is 82.8 Å². The van der Waals surface area contributed by atoms with Crippen LogP contribution in [0.4, 0.5) is 0 Å². The minimum absolute atomic E-state index is 0.157. The van der Waals surface area contributed by atoms with Crippen molar-refractivity contribution in [2.24, 2.45) is 5.10 Å². The molecule has 1 aromatic heterocycles. The van der Waals surface area contributed by atoms with Crippen molar-refractivity contribution < 1.29 is 14.3 Å². The maximum absolute atomic E-state index is 13.1. The van der Waals surface area contributed by atoms with Gasteiger partial charge in [-0.15, -0.1) is 0 Å². The number of ether oxygens (including phenoxy) is 2. The van der Waals surface area contributed by atoms with Crippen LogP contribution < -0.4 is 10.3 Å². The molecule has 2 aromatic carbocycles. The normalized spacial score (nSPS) is 12.3. The van der Waals surface area contributed by atoms with Crippen LogP contribution in [0.15, 0.2) is 44.7 Å². The van der Waals surface area contributed by atoms with Crippen molar-refractivity contribution in [3.05, 3.63) is 66.6 Å². The number of carbonyl (C=O) groups excluding carboxylic acids is 1. The number of hydrogen-bond donors (Lipinski definition) is 0. The van der Waals surface area contributed by atoms with E-state index in [1.807, 2.05) is 13.0 Å². The third-order valence-corrected chi connectivity index (χ3v) is 5.57. The molecule has 1 heterocycles. The number of carbonyl (C=O) groups is 1. The molecule has 0 spiro atoms. The van der Waals surface area contributed by atoms with Gasteiger partial charge in [-0.3, -0.25) is 4.79 Å². The summed E-state index contributed by atoms with van der Waals surface area (Å²) in [6.45, 7) is 3.53. The number of halogens is 3. The molecule has 3 rings (SSSR count). The number of rotatable bonds is 7. The van der Waals surface area contributed by atoms with Gasteiger partial charge >= 0.3 is 5.97 Å². The average molecular weight is 541 g/mol. The predicted octanol–water partition coefficient (Wildman–Crippen LogP) is 5.24. The van der Waals surface area contributed by atoms with Crippen molar-refractivity contribution in [3.63, 3.8) is 0 Å². The zero-order valence-corrected chi connectivity index (χ0v) is 20.7. The first-order chi connectivity index (χ1) is 15.2. The quantitative estimate of drug-likeness (QED) is 0.302. The highest BCUT2D eigenvalue weighted by Gasteiger charge is 2.19. The summed E-state index contributed by atoms with van der Waals surface area (Å²) in [5.41, 5.74) is 0.877. The first kappa shape index (κ1) is 24.2. The Hall–Kier alpha value is -2.42. The first-order valence-corrected chi connectivity index (χ1v) is 11.3. The Morgan fingerprint density at radius 2 is 1.97 bits per heavy atom. The number of esters is 1. The van der Waals surface area contributed by atoms with Crippen LogP contribution >= 0.6 is 39.1 Å². The zero-order chi connectivity index (χ0) is 23.4. The van der Waals surface area contributed by atoms with Gasteiger partial charge in [-0.05, 0) is 49.2 Å². The maximum atomic E-state index is 13.1. The number of aromatic nitrogens is 2. The van der Waals surface area contributed by atoms with Gasteiger partial charge in [0.1, 0.15) is 5.82 Å². The molecule has 0 amide bonds. The minimum atomic E-state index is -0.882. The summed E-state index contributed by atoms with van der Waals surface area (Å²) in [6.07, 6.45) is 1.97. The molecule has 0 aliphatic rings. The third-order valence-electron chi connectivity index (χ3n) is 4.52. The standard InChI is InChI=1S/C22H20BrCl2N3O4/c1-4-5-19-27-18-7-6-14(23)10-15(18)21(29)28(19)26-11-13-8-16(24)20(17(25)9-13)32-12(2)22(30)31-3/h6-12H,4-5H2,1-3H3/t12-/m1/s1. The molecule has 0 fully saturated rings. The lowest BCUT2D eigenvalue weighted by Gasteiger charge is -2.15. The molecule has 0 saturated carbocycles. The second-order valence-corrected chi connectivity index (χ2v) is 8.63. The third kappa shape index (κ3) is 5.31. The van der Waals surface area contributed by atoms with Gasteiger partial charge in [-0.1, -0.05) is 46.1 Å². The van der Waals surface area contributed by atoms with Gasteiger partial charge in [0.15, 0.2) is 11.9 Å². The van der Waals surface area contributed by atoms with Crippen molar-refractivity contribution in [1.29, 1.82) is 0 Å². The van der Waals surface area contributed by atoms with E-state index in [9.17, 15) is 9.59 Å². The highest BCUT2D eigenvalue weighted by atomic mass is 79.9. The molecule has 168 valence electrons. The van der Waals surface area contributed by atoms with Crippen molar-refractivity contribution in [3.8, 4) is 5.75 Å². The van der Waals surface area contributed by atoms with E-state index in [4.69, 9.17) is 27.9 Å². The second-order valence-electron chi connectivity index (χ2n) is 6.90. The van der Waals surface area contributed by atoms with Crippen molar-refractivity contribution >= 4 is 62.2 Å². The average Bonchev–Trinajstić information content (AvgIpc) is 2.76. The van der Waals surface area contributed by atoms with E-state index in [0.717, 1.165) is 10.9 Å². The van der Waals surface area contributed by atoms with E-state index in [2.05, 4.69) is 30.8 Å². The van der Waals surface area contributed by atoms with Gasteiger partial charge in [0, 0.05) is 10.9 Å². The fourth-order valence-electron chi connectivity index (χ4n) is 2.98. The Morgan fingerprint density at radius 1 is 1.28 bits per heavy atom. The summed E-state index contributed by atoms with van der Waals surface area (Å²) >= 11 is 16.0. The second kappa shape index (κ2) is 10.5. The lowest BCUT2D eigenvalue weighted by Crippen LogP contribution is -2.25. The SMILES string of the molecule is CCCc1nc2ccc(Br)cc2c(=O)n1N=Cc1cc(Cl)c(O[C@H](C)C(=O)OC)c(Cl)c1. The predicted molar refractivity (Wildman–Crippen MR) is 129 cm³/mol. The summed E-state index contributed by atoms with van der Waals surface area (Å²) in [7, 11) is 1.26. The van der Waals surface area contributed by atoms with Crippen LogP contribution in [0.1, 0.15) is 31.7 Å². The summed E-state index contributed by atoms with van der Waals surface area (Å²) in [4.78, 5) is 29.3. The van der Waals surface area contributed by atoms with Gasteiger partial charge in [-0.25, -0.2) is 9.78 Å². The number of methoxy groups -OCH3 is 1. The van der Waals surface area contributed by atoms with E-state index < -0.39 is 12.1 Å².